The van der Waals surface area contributed by atoms with Gasteiger partial charge in [-0.1, -0.05) is 0 Å². The Labute approximate surface area is 151 Å². The van der Waals surface area contributed by atoms with E-state index in [9.17, 15) is 4.79 Å². The lowest BCUT2D eigenvalue weighted by atomic mass is 9.91. The van der Waals surface area contributed by atoms with Gasteiger partial charge in [0.2, 0.25) is 0 Å². The molecule has 3 aromatic rings. The van der Waals surface area contributed by atoms with E-state index >= 15 is 0 Å². The van der Waals surface area contributed by atoms with Gasteiger partial charge in [0, 0.05) is 37.2 Å². The molecule has 0 atom stereocenters. The molecule has 0 unspecified atom stereocenters. The summed E-state index contributed by atoms with van der Waals surface area (Å²) in [6.45, 7) is 0. The highest BCUT2D eigenvalue weighted by molar-refractivity contribution is 5.92. The maximum Gasteiger partial charge on any atom is 0.271 e. The number of nitrogens with one attached hydrogen (secondary N) is 1. The monoisotopic (exact) mass is 351 g/mol. The molecular formula is C18H21N7O. The largest absolute Gasteiger partial charge is 0.348 e. The number of aromatic nitrogens is 6. The molecule has 134 valence electrons. The van der Waals surface area contributed by atoms with Gasteiger partial charge in [0.25, 0.3) is 5.91 Å². The molecule has 3 heterocycles. The zero-order valence-corrected chi connectivity index (χ0v) is 14.6. The molecular weight excluding hydrogens is 330 g/mol. The average molecular weight is 351 g/mol. The van der Waals surface area contributed by atoms with Crippen LogP contribution in [0.2, 0.25) is 0 Å². The zero-order valence-electron chi connectivity index (χ0n) is 14.6. The quantitative estimate of drug-likeness (QED) is 0.776. The van der Waals surface area contributed by atoms with Crippen LogP contribution in [0.25, 0.3) is 11.3 Å². The Morgan fingerprint density at radius 1 is 1.19 bits per heavy atom. The molecule has 0 bridgehead atoms. The predicted octanol–water partition coefficient (Wildman–Crippen LogP) is 1.99. The molecule has 1 amide bonds. The Kier molecular flexibility index (Phi) is 4.47. The van der Waals surface area contributed by atoms with Crippen LogP contribution >= 0.6 is 0 Å². The first kappa shape index (κ1) is 16.4. The van der Waals surface area contributed by atoms with Crippen LogP contribution in [-0.4, -0.2) is 41.2 Å². The van der Waals surface area contributed by atoms with E-state index in [4.69, 9.17) is 0 Å². The van der Waals surface area contributed by atoms with E-state index in [0.29, 0.717) is 11.7 Å². The number of carbonyl (C=O) groups excluding carboxylic acids is 1. The Morgan fingerprint density at radius 2 is 2.04 bits per heavy atom. The van der Waals surface area contributed by atoms with Crippen molar-refractivity contribution in [1.82, 2.24) is 34.6 Å². The topological polar surface area (TPSA) is 90.5 Å². The molecule has 1 fully saturated rings. The lowest BCUT2D eigenvalue weighted by Gasteiger charge is -2.29. The third kappa shape index (κ3) is 3.49. The second-order valence-electron chi connectivity index (χ2n) is 6.71. The van der Waals surface area contributed by atoms with Crippen molar-refractivity contribution in [2.45, 2.75) is 37.8 Å². The minimum atomic E-state index is -0.0980. The summed E-state index contributed by atoms with van der Waals surface area (Å²) >= 11 is 0. The average Bonchev–Trinajstić information content (AvgIpc) is 3.32. The van der Waals surface area contributed by atoms with Gasteiger partial charge in [0.1, 0.15) is 12.0 Å². The predicted molar refractivity (Wildman–Crippen MR) is 95.2 cm³/mol. The van der Waals surface area contributed by atoms with E-state index in [1.807, 2.05) is 30.2 Å². The highest BCUT2D eigenvalue weighted by Gasteiger charge is 2.25. The number of amides is 1. The molecule has 0 radical (unpaired) electrons. The highest BCUT2D eigenvalue weighted by Crippen LogP contribution is 2.29. The van der Waals surface area contributed by atoms with Crippen LogP contribution in [0.4, 0.5) is 0 Å². The molecule has 0 spiro atoms. The lowest BCUT2D eigenvalue weighted by molar-refractivity contribution is 0.0917. The smallest absolute Gasteiger partial charge is 0.271 e. The van der Waals surface area contributed by atoms with Crippen LogP contribution < -0.4 is 5.32 Å². The Bertz CT molecular complexity index is 878. The molecule has 0 aliphatic heterocycles. The van der Waals surface area contributed by atoms with Crippen molar-refractivity contribution in [2.24, 2.45) is 7.05 Å². The van der Waals surface area contributed by atoms with E-state index in [-0.39, 0.29) is 11.9 Å². The van der Waals surface area contributed by atoms with Crippen LogP contribution in [0, 0.1) is 0 Å². The van der Waals surface area contributed by atoms with Gasteiger partial charge in [-0.15, -0.1) is 0 Å². The highest BCUT2D eigenvalue weighted by atomic mass is 16.2. The number of rotatable bonds is 4. The Morgan fingerprint density at radius 3 is 2.73 bits per heavy atom. The van der Waals surface area contributed by atoms with E-state index in [1.165, 1.54) is 0 Å². The number of aryl methyl sites for hydroxylation is 1. The van der Waals surface area contributed by atoms with Crippen LogP contribution in [0.5, 0.6) is 0 Å². The van der Waals surface area contributed by atoms with Gasteiger partial charge in [-0.25, -0.2) is 15.0 Å². The molecule has 26 heavy (non-hydrogen) atoms. The third-order valence-electron chi connectivity index (χ3n) is 4.82. The number of hydrogen-bond acceptors (Lipinski definition) is 5. The first-order valence-electron chi connectivity index (χ1n) is 8.78. The molecule has 0 saturated heterocycles. The summed E-state index contributed by atoms with van der Waals surface area (Å²) in [6, 6.07) is 2.43. The van der Waals surface area contributed by atoms with Crippen molar-refractivity contribution in [3.05, 3.63) is 49.2 Å². The molecule has 8 nitrogen and oxygen atoms in total. The van der Waals surface area contributed by atoms with Gasteiger partial charge >= 0.3 is 0 Å². The van der Waals surface area contributed by atoms with Gasteiger partial charge in [-0.3, -0.25) is 9.48 Å². The summed E-state index contributed by atoms with van der Waals surface area (Å²) in [7, 11) is 1.86. The number of carbonyl (C=O) groups is 1. The van der Waals surface area contributed by atoms with Crippen molar-refractivity contribution >= 4 is 5.91 Å². The summed E-state index contributed by atoms with van der Waals surface area (Å²) in [5.41, 5.74) is 2.34. The Balaban J connectivity index is 1.34. The van der Waals surface area contributed by atoms with E-state index in [0.717, 1.165) is 36.9 Å². The second kappa shape index (κ2) is 7.07. The van der Waals surface area contributed by atoms with Crippen molar-refractivity contribution in [3.63, 3.8) is 0 Å². The van der Waals surface area contributed by atoms with Gasteiger partial charge in [-0.2, -0.15) is 5.10 Å². The maximum atomic E-state index is 12.2. The fraction of sp³-hybridized carbons (Fsp3) is 0.389. The first-order valence-corrected chi connectivity index (χ1v) is 8.78. The van der Waals surface area contributed by atoms with Crippen molar-refractivity contribution < 1.29 is 4.79 Å². The summed E-state index contributed by atoms with van der Waals surface area (Å²) in [6.07, 6.45) is 14.4. The van der Waals surface area contributed by atoms with E-state index in [1.54, 1.807) is 29.6 Å². The van der Waals surface area contributed by atoms with Gasteiger partial charge in [-0.05, 0) is 31.7 Å². The fourth-order valence-corrected chi connectivity index (χ4v) is 3.41. The Hall–Kier alpha value is -3.03. The molecule has 1 saturated carbocycles. The van der Waals surface area contributed by atoms with Crippen LogP contribution in [-0.2, 0) is 7.05 Å². The summed E-state index contributed by atoms with van der Waals surface area (Å²) in [5, 5.41) is 7.60. The normalized spacial score (nSPS) is 20.0. The van der Waals surface area contributed by atoms with Gasteiger partial charge < -0.3 is 9.88 Å². The molecule has 1 N–H and O–H groups in total. The van der Waals surface area contributed by atoms with Crippen molar-refractivity contribution in [1.29, 1.82) is 0 Å². The number of hydrogen-bond donors (Lipinski definition) is 1. The summed E-state index contributed by atoms with van der Waals surface area (Å²) in [5.74, 6) is -0.0980. The van der Waals surface area contributed by atoms with Crippen LogP contribution in [0.1, 0.15) is 42.2 Å². The minimum Gasteiger partial charge on any atom is -0.348 e. The van der Waals surface area contributed by atoms with Crippen LogP contribution in [0.15, 0.2) is 43.5 Å². The second-order valence-corrected chi connectivity index (χ2v) is 6.71. The molecule has 8 heteroatoms. The fourth-order valence-electron chi connectivity index (χ4n) is 3.41. The van der Waals surface area contributed by atoms with E-state index in [2.05, 4.69) is 25.4 Å². The maximum absolute atomic E-state index is 12.2. The standard InChI is InChI=1S/C18H21N7O/c1-24-10-17(21-12-24)18(26)23-14-2-4-15(5-3-14)25-9-13(8-22-25)16-6-7-19-11-20-16/h6-12,14-15H,2-5H2,1H3,(H,23,26). The molecule has 4 rings (SSSR count). The SMILES string of the molecule is Cn1cnc(C(=O)NC2CCC(n3cc(-c4ccncn4)cn3)CC2)c1. The molecule has 1 aliphatic carbocycles. The van der Waals surface area contributed by atoms with E-state index < -0.39 is 0 Å². The molecule has 3 aromatic heterocycles. The number of imidazole rings is 1. The number of nitrogens with zero attached hydrogens (tertiary/aromatic N) is 6. The molecule has 1 aliphatic rings. The minimum absolute atomic E-state index is 0.0980. The zero-order chi connectivity index (χ0) is 17.9. The summed E-state index contributed by atoms with van der Waals surface area (Å²) in [4.78, 5) is 24.5. The van der Waals surface area contributed by atoms with Gasteiger partial charge in [0.15, 0.2) is 0 Å². The molecule has 0 aromatic carbocycles. The van der Waals surface area contributed by atoms with Crippen LogP contribution in [0.3, 0.4) is 0 Å². The first-order chi connectivity index (χ1) is 12.7. The lowest BCUT2D eigenvalue weighted by Crippen LogP contribution is -2.38. The van der Waals surface area contributed by atoms with Crippen molar-refractivity contribution in [2.75, 3.05) is 0 Å². The summed E-state index contributed by atoms with van der Waals surface area (Å²) < 4.78 is 3.80. The van der Waals surface area contributed by atoms with Gasteiger partial charge in [0.05, 0.1) is 24.3 Å². The third-order valence-corrected chi connectivity index (χ3v) is 4.82. The van der Waals surface area contributed by atoms with Crippen molar-refractivity contribution in [3.8, 4) is 11.3 Å².